The van der Waals surface area contributed by atoms with Gasteiger partial charge in [-0.05, 0) is 90.5 Å². The van der Waals surface area contributed by atoms with E-state index in [0.717, 1.165) is 61.0 Å². The summed E-state index contributed by atoms with van der Waals surface area (Å²) in [4.78, 5) is 0. The Hall–Kier alpha value is -7.86. The lowest BCUT2D eigenvalue weighted by Gasteiger charge is -2.14. The Morgan fingerprint density at radius 1 is 0.327 bits per heavy atom. The minimum atomic E-state index is 0.615. The molecule has 0 aliphatic carbocycles. The van der Waals surface area contributed by atoms with Crippen molar-refractivity contribution >= 4 is 65.4 Å². The molecule has 0 saturated heterocycles. The first-order valence-corrected chi connectivity index (χ1v) is 18.3. The third-order valence-corrected chi connectivity index (χ3v) is 11.1. The molecule has 0 saturated carbocycles. The van der Waals surface area contributed by atoms with Gasteiger partial charge in [-0.2, -0.15) is 10.5 Å². The molecule has 5 nitrogen and oxygen atoms in total. The van der Waals surface area contributed by atoms with Gasteiger partial charge in [-0.1, -0.05) is 91.0 Å². The minimum absolute atomic E-state index is 0.615. The monoisotopic (exact) mass is 699 g/mol. The molecule has 11 aromatic rings. The van der Waals surface area contributed by atoms with Crippen LogP contribution in [0.2, 0.25) is 0 Å². The van der Waals surface area contributed by atoms with Crippen LogP contribution in [0.1, 0.15) is 11.1 Å². The van der Waals surface area contributed by atoms with E-state index in [1.165, 1.54) is 32.6 Å². The van der Waals surface area contributed by atoms with Crippen molar-refractivity contribution in [2.45, 2.75) is 0 Å². The van der Waals surface area contributed by atoms with Crippen LogP contribution in [0.5, 0.6) is 0 Å². The van der Waals surface area contributed by atoms with E-state index < -0.39 is 0 Å². The SMILES string of the molecule is N#Cc1ccc2c(c1)c1ccccc1n2-c1ccc(-c2cc(-n3c4ccccc4c4ccc(-n5c6ccccc6c6ccccc65)cc43)ccc2C#N)cc1. The van der Waals surface area contributed by atoms with Crippen molar-refractivity contribution < 1.29 is 0 Å². The quantitative estimate of drug-likeness (QED) is 0.184. The van der Waals surface area contributed by atoms with Crippen LogP contribution in [0.4, 0.5) is 0 Å². The average molecular weight is 700 g/mol. The van der Waals surface area contributed by atoms with E-state index in [9.17, 15) is 10.5 Å². The van der Waals surface area contributed by atoms with Crippen LogP contribution < -0.4 is 0 Å². The molecule has 5 heteroatoms. The first kappa shape index (κ1) is 30.7. The predicted molar refractivity (Wildman–Crippen MR) is 224 cm³/mol. The Bertz CT molecular complexity index is 3400. The van der Waals surface area contributed by atoms with Crippen LogP contribution in [0, 0.1) is 22.7 Å². The van der Waals surface area contributed by atoms with E-state index in [1.54, 1.807) is 0 Å². The first-order valence-electron chi connectivity index (χ1n) is 18.3. The maximum absolute atomic E-state index is 10.4. The van der Waals surface area contributed by atoms with Crippen molar-refractivity contribution in [1.29, 1.82) is 10.5 Å². The highest BCUT2D eigenvalue weighted by atomic mass is 15.0. The number of rotatable bonds is 4. The third kappa shape index (κ3) is 4.51. The second kappa shape index (κ2) is 11.8. The highest BCUT2D eigenvalue weighted by Crippen LogP contribution is 2.39. The fourth-order valence-electron chi connectivity index (χ4n) is 8.70. The number of para-hydroxylation sites is 4. The van der Waals surface area contributed by atoms with Crippen molar-refractivity contribution in [3.8, 4) is 40.3 Å². The zero-order chi connectivity index (χ0) is 36.6. The van der Waals surface area contributed by atoms with E-state index in [-0.39, 0.29) is 0 Å². The molecule has 3 heterocycles. The summed E-state index contributed by atoms with van der Waals surface area (Å²) in [5, 5.41) is 26.9. The summed E-state index contributed by atoms with van der Waals surface area (Å²) < 4.78 is 6.93. The molecule has 0 atom stereocenters. The molecule has 8 aromatic carbocycles. The standard InChI is InChI=1S/C50H29N5/c51-30-32-17-26-49-44(27-32)41-12-4-8-16-48(41)53(49)35-21-18-33(19-22-35)43-28-36(23-20-34(43)31-52)55-47-15-7-3-11-40(47)42-25-24-37(29-50(42)55)54-45-13-5-1-9-38(45)39-10-2-6-14-46(39)54/h1-29H. The van der Waals surface area contributed by atoms with Crippen LogP contribution in [0.3, 0.4) is 0 Å². The average Bonchev–Trinajstić information content (AvgIpc) is 3.88. The van der Waals surface area contributed by atoms with Gasteiger partial charge in [-0.25, -0.2) is 0 Å². The van der Waals surface area contributed by atoms with Crippen LogP contribution >= 0.6 is 0 Å². The molecule has 0 spiro atoms. The lowest BCUT2D eigenvalue weighted by atomic mass is 9.99. The number of fused-ring (bicyclic) bond motifs is 9. The number of aromatic nitrogens is 3. The number of nitrogens with zero attached hydrogens (tertiary/aromatic N) is 5. The number of hydrogen-bond donors (Lipinski definition) is 0. The summed E-state index contributed by atoms with van der Waals surface area (Å²) in [7, 11) is 0. The molecule has 0 amide bonds. The maximum Gasteiger partial charge on any atom is 0.0998 e. The Labute approximate surface area is 316 Å². The number of nitriles is 2. The number of hydrogen-bond acceptors (Lipinski definition) is 2. The van der Waals surface area contributed by atoms with Gasteiger partial charge in [0, 0.05) is 54.9 Å². The van der Waals surface area contributed by atoms with Crippen molar-refractivity contribution in [3.63, 3.8) is 0 Å². The molecule has 3 aromatic heterocycles. The molecular weight excluding hydrogens is 671 g/mol. The van der Waals surface area contributed by atoms with Crippen LogP contribution in [-0.4, -0.2) is 13.7 Å². The molecule has 0 unspecified atom stereocenters. The van der Waals surface area contributed by atoms with Gasteiger partial charge in [-0.15, -0.1) is 0 Å². The van der Waals surface area contributed by atoms with Crippen molar-refractivity contribution in [2.75, 3.05) is 0 Å². The van der Waals surface area contributed by atoms with Gasteiger partial charge < -0.3 is 13.7 Å². The molecule has 0 bridgehead atoms. The van der Waals surface area contributed by atoms with Gasteiger partial charge in [0.15, 0.2) is 0 Å². The van der Waals surface area contributed by atoms with Gasteiger partial charge in [0.2, 0.25) is 0 Å². The zero-order valence-corrected chi connectivity index (χ0v) is 29.5. The summed E-state index contributed by atoms with van der Waals surface area (Å²) in [6.07, 6.45) is 0. The zero-order valence-electron chi connectivity index (χ0n) is 29.5. The Kier molecular flexibility index (Phi) is 6.61. The van der Waals surface area contributed by atoms with E-state index in [4.69, 9.17) is 0 Å². The third-order valence-electron chi connectivity index (χ3n) is 11.1. The minimum Gasteiger partial charge on any atom is -0.309 e. The summed E-state index contributed by atoms with van der Waals surface area (Å²) >= 11 is 0. The van der Waals surface area contributed by atoms with Gasteiger partial charge in [0.25, 0.3) is 0 Å². The van der Waals surface area contributed by atoms with E-state index in [1.807, 2.05) is 36.4 Å². The Morgan fingerprint density at radius 2 is 0.782 bits per heavy atom. The molecule has 11 rings (SSSR count). The molecule has 0 radical (unpaired) electrons. The number of benzene rings is 8. The van der Waals surface area contributed by atoms with Crippen LogP contribution in [0.15, 0.2) is 176 Å². The van der Waals surface area contributed by atoms with Gasteiger partial charge in [-0.3, -0.25) is 0 Å². The second-order valence-corrected chi connectivity index (χ2v) is 14.0. The first-order chi connectivity index (χ1) is 27.2. The van der Waals surface area contributed by atoms with Gasteiger partial charge >= 0.3 is 0 Å². The molecule has 0 aliphatic rings. The topological polar surface area (TPSA) is 62.4 Å². The van der Waals surface area contributed by atoms with E-state index >= 15 is 0 Å². The van der Waals surface area contributed by atoms with E-state index in [0.29, 0.717) is 11.1 Å². The molecular formula is C50H29N5. The van der Waals surface area contributed by atoms with Crippen LogP contribution in [-0.2, 0) is 0 Å². The molecule has 0 aliphatic heterocycles. The molecule has 55 heavy (non-hydrogen) atoms. The molecule has 0 fully saturated rings. The second-order valence-electron chi connectivity index (χ2n) is 14.0. The summed E-state index contributed by atoms with van der Waals surface area (Å²) in [5.74, 6) is 0. The largest absolute Gasteiger partial charge is 0.309 e. The maximum atomic E-state index is 10.4. The smallest absolute Gasteiger partial charge is 0.0998 e. The fraction of sp³-hybridized carbons (Fsp3) is 0. The Morgan fingerprint density at radius 3 is 1.36 bits per heavy atom. The highest BCUT2D eigenvalue weighted by Gasteiger charge is 2.18. The predicted octanol–water partition coefficient (Wildman–Crippen LogP) is 12.4. The van der Waals surface area contributed by atoms with E-state index in [2.05, 4.69) is 165 Å². The normalized spacial score (nSPS) is 11.6. The summed E-state index contributed by atoms with van der Waals surface area (Å²) in [5.41, 5.74) is 12.8. The lowest BCUT2D eigenvalue weighted by molar-refractivity contribution is 1.15. The highest BCUT2D eigenvalue weighted by molar-refractivity contribution is 6.12. The Balaban J connectivity index is 1.08. The lowest BCUT2D eigenvalue weighted by Crippen LogP contribution is -1.98. The van der Waals surface area contributed by atoms with Gasteiger partial charge in [0.1, 0.15) is 0 Å². The van der Waals surface area contributed by atoms with Crippen LogP contribution in [0.25, 0.3) is 93.6 Å². The summed E-state index contributed by atoms with van der Waals surface area (Å²) in [6, 6.07) is 66.0. The fourth-order valence-corrected chi connectivity index (χ4v) is 8.70. The molecule has 0 N–H and O–H groups in total. The van der Waals surface area contributed by atoms with Gasteiger partial charge in [0.05, 0.1) is 56.4 Å². The van der Waals surface area contributed by atoms with Crippen molar-refractivity contribution in [2.24, 2.45) is 0 Å². The molecule has 254 valence electrons. The van der Waals surface area contributed by atoms with Crippen molar-refractivity contribution in [1.82, 2.24) is 13.7 Å². The van der Waals surface area contributed by atoms with Crippen molar-refractivity contribution in [3.05, 3.63) is 187 Å². The summed E-state index contributed by atoms with van der Waals surface area (Å²) in [6.45, 7) is 0.